The first kappa shape index (κ1) is 16.0. The van der Waals surface area contributed by atoms with Gasteiger partial charge in [0.15, 0.2) is 0 Å². The standard InChI is InChI=1S/C15H16BrNO3S/c1-11(12-3-7-14(20-2)8-4-12)17-21(18,19)15-9-5-13(16)6-10-15/h3-11,17H,1-2H3/t11-/m1/s1. The summed E-state index contributed by atoms with van der Waals surface area (Å²) in [6.07, 6.45) is 0. The molecule has 112 valence electrons. The number of rotatable bonds is 5. The normalized spacial score (nSPS) is 12.9. The van der Waals surface area contributed by atoms with Gasteiger partial charge in [-0.2, -0.15) is 0 Å². The van der Waals surface area contributed by atoms with E-state index in [4.69, 9.17) is 4.74 Å². The highest BCUT2D eigenvalue weighted by Crippen LogP contribution is 2.20. The van der Waals surface area contributed by atoms with Crippen molar-refractivity contribution in [2.75, 3.05) is 7.11 Å². The zero-order valence-electron chi connectivity index (χ0n) is 11.7. The minimum atomic E-state index is -3.54. The number of hydrogen-bond donors (Lipinski definition) is 1. The molecule has 21 heavy (non-hydrogen) atoms. The van der Waals surface area contributed by atoms with Gasteiger partial charge in [0, 0.05) is 10.5 Å². The van der Waals surface area contributed by atoms with Crippen molar-refractivity contribution in [3.8, 4) is 5.75 Å². The molecule has 0 aromatic heterocycles. The topological polar surface area (TPSA) is 55.4 Å². The zero-order valence-corrected chi connectivity index (χ0v) is 14.1. The number of methoxy groups -OCH3 is 1. The van der Waals surface area contributed by atoms with Gasteiger partial charge in [0.05, 0.1) is 12.0 Å². The summed E-state index contributed by atoms with van der Waals surface area (Å²) in [4.78, 5) is 0.242. The SMILES string of the molecule is COc1ccc([C@@H](C)NS(=O)(=O)c2ccc(Br)cc2)cc1. The van der Waals surface area contributed by atoms with Crippen LogP contribution in [-0.2, 0) is 10.0 Å². The van der Waals surface area contributed by atoms with E-state index < -0.39 is 10.0 Å². The quantitative estimate of drug-likeness (QED) is 0.877. The zero-order chi connectivity index (χ0) is 15.5. The third-order valence-corrected chi connectivity index (χ3v) is 5.16. The highest BCUT2D eigenvalue weighted by atomic mass is 79.9. The molecule has 0 fully saturated rings. The Kier molecular flexibility index (Phi) is 5.03. The van der Waals surface area contributed by atoms with E-state index in [0.717, 1.165) is 15.8 Å². The van der Waals surface area contributed by atoms with Crippen LogP contribution >= 0.6 is 15.9 Å². The van der Waals surface area contributed by atoms with Crippen molar-refractivity contribution in [3.63, 3.8) is 0 Å². The summed E-state index contributed by atoms with van der Waals surface area (Å²) in [5.74, 6) is 0.738. The van der Waals surface area contributed by atoms with Crippen molar-refractivity contribution in [2.45, 2.75) is 17.9 Å². The summed E-state index contributed by atoms with van der Waals surface area (Å²) in [6.45, 7) is 1.80. The van der Waals surface area contributed by atoms with E-state index in [1.54, 1.807) is 50.4 Å². The molecule has 0 radical (unpaired) electrons. The van der Waals surface area contributed by atoms with Crippen LogP contribution in [0, 0.1) is 0 Å². The largest absolute Gasteiger partial charge is 0.497 e. The predicted octanol–water partition coefficient (Wildman–Crippen LogP) is 3.50. The summed E-state index contributed by atoms with van der Waals surface area (Å²) in [7, 11) is -1.95. The Hall–Kier alpha value is -1.37. The lowest BCUT2D eigenvalue weighted by molar-refractivity contribution is 0.414. The molecule has 0 amide bonds. The lowest BCUT2D eigenvalue weighted by atomic mass is 10.1. The first-order valence-electron chi connectivity index (χ1n) is 6.34. The van der Waals surface area contributed by atoms with Crippen LogP contribution in [0.3, 0.4) is 0 Å². The second kappa shape index (κ2) is 6.60. The summed E-state index contributed by atoms with van der Waals surface area (Å²) < 4.78 is 33.2. The molecule has 0 spiro atoms. The fourth-order valence-electron chi connectivity index (χ4n) is 1.88. The molecule has 0 heterocycles. The molecule has 0 aliphatic heterocycles. The van der Waals surface area contributed by atoms with Crippen LogP contribution in [0.1, 0.15) is 18.5 Å². The Labute approximate surface area is 133 Å². The van der Waals surface area contributed by atoms with Gasteiger partial charge in [-0.15, -0.1) is 0 Å². The molecule has 0 aliphatic carbocycles. The Morgan fingerprint density at radius 3 is 2.14 bits per heavy atom. The van der Waals surface area contributed by atoms with E-state index in [1.165, 1.54) is 0 Å². The van der Waals surface area contributed by atoms with E-state index in [9.17, 15) is 8.42 Å². The van der Waals surface area contributed by atoms with E-state index in [0.29, 0.717) is 0 Å². The van der Waals surface area contributed by atoms with Crippen LogP contribution in [0.5, 0.6) is 5.75 Å². The first-order valence-corrected chi connectivity index (χ1v) is 8.62. The molecule has 6 heteroatoms. The van der Waals surface area contributed by atoms with Crippen molar-refractivity contribution in [1.82, 2.24) is 4.72 Å². The van der Waals surface area contributed by atoms with Crippen LogP contribution in [0.25, 0.3) is 0 Å². The number of ether oxygens (including phenoxy) is 1. The summed E-state index contributed by atoms with van der Waals surface area (Å²) in [6, 6.07) is 13.5. The van der Waals surface area contributed by atoms with Crippen LogP contribution < -0.4 is 9.46 Å². The van der Waals surface area contributed by atoms with Gasteiger partial charge >= 0.3 is 0 Å². The van der Waals surface area contributed by atoms with Gasteiger partial charge in [-0.3, -0.25) is 0 Å². The first-order chi connectivity index (χ1) is 9.92. The third kappa shape index (κ3) is 4.06. The molecule has 0 unspecified atom stereocenters. The summed E-state index contributed by atoms with van der Waals surface area (Å²) in [5.41, 5.74) is 0.872. The average molecular weight is 370 g/mol. The molecule has 1 atom stereocenters. The summed E-state index contributed by atoms with van der Waals surface area (Å²) >= 11 is 3.29. The van der Waals surface area contributed by atoms with Crippen molar-refractivity contribution < 1.29 is 13.2 Å². The van der Waals surface area contributed by atoms with E-state index >= 15 is 0 Å². The van der Waals surface area contributed by atoms with E-state index in [2.05, 4.69) is 20.7 Å². The van der Waals surface area contributed by atoms with E-state index in [1.807, 2.05) is 12.1 Å². The Bertz CT molecular complexity index is 697. The molecule has 0 saturated heterocycles. The number of halogens is 1. The molecule has 2 aromatic rings. The monoisotopic (exact) mass is 369 g/mol. The molecule has 0 saturated carbocycles. The van der Waals surface area contributed by atoms with Crippen molar-refractivity contribution in [3.05, 3.63) is 58.6 Å². The molecule has 4 nitrogen and oxygen atoms in total. The minimum Gasteiger partial charge on any atom is -0.497 e. The third-order valence-electron chi connectivity index (χ3n) is 3.07. The van der Waals surface area contributed by atoms with Crippen LogP contribution in [0.4, 0.5) is 0 Å². The van der Waals surface area contributed by atoms with Crippen molar-refractivity contribution in [2.24, 2.45) is 0 Å². The smallest absolute Gasteiger partial charge is 0.241 e. The molecular formula is C15H16BrNO3S. The number of nitrogens with one attached hydrogen (secondary N) is 1. The number of hydrogen-bond acceptors (Lipinski definition) is 3. The van der Waals surface area contributed by atoms with Crippen molar-refractivity contribution >= 4 is 26.0 Å². The molecular weight excluding hydrogens is 354 g/mol. The van der Waals surface area contributed by atoms with Gasteiger partial charge in [-0.1, -0.05) is 28.1 Å². The molecule has 2 aromatic carbocycles. The average Bonchev–Trinajstić information content (AvgIpc) is 2.47. The number of benzene rings is 2. The van der Waals surface area contributed by atoms with Gasteiger partial charge in [-0.05, 0) is 48.9 Å². The maximum absolute atomic E-state index is 12.3. The highest BCUT2D eigenvalue weighted by molar-refractivity contribution is 9.10. The van der Waals surface area contributed by atoms with Gasteiger partial charge < -0.3 is 4.74 Å². The Morgan fingerprint density at radius 1 is 1.05 bits per heavy atom. The predicted molar refractivity (Wildman–Crippen MR) is 85.9 cm³/mol. The van der Waals surface area contributed by atoms with Crippen LogP contribution in [0.2, 0.25) is 0 Å². The van der Waals surface area contributed by atoms with Gasteiger partial charge in [-0.25, -0.2) is 13.1 Å². The maximum atomic E-state index is 12.3. The second-order valence-electron chi connectivity index (χ2n) is 4.57. The van der Waals surface area contributed by atoms with E-state index in [-0.39, 0.29) is 10.9 Å². The lowest BCUT2D eigenvalue weighted by Crippen LogP contribution is -2.26. The fraction of sp³-hybridized carbons (Fsp3) is 0.200. The lowest BCUT2D eigenvalue weighted by Gasteiger charge is -2.15. The molecule has 2 rings (SSSR count). The van der Waals surface area contributed by atoms with Crippen LogP contribution in [0.15, 0.2) is 57.9 Å². The molecule has 0 aliphatic rings. The Balaban J connectivity index is 2.17. The maximum Gasteiger partial charge on any atom is 0.241 e. The van der Waals surface area contributed by atoms with Gasteiger partial charge in [0.25, 0.3) is 0 Å². The minimum absolute atomic E-state index is 0.242. The van der Waals surface area contributed by atoms with Gasteiger partial charge in [0.1, 0.15) is 5.75 Å². The molecule has 1 N–H and O–H groups in total. The van der Waals surface area contributed by atoms with Crippen LogP contribution in [-0.4, -0.2) is 15.5 Å². The Morgan fingerprint density at radius 2 is 1.62 bits per heavy atom. The fourth-order valence-corrected chi connectivity index (χ4v) is 3.37. The second-order valence-corrected chi connectivity index (χ2v) is 7.20. The van der Waals surface area contributed by atoms with Crippen molar-refractivity contribution in [1.29, 1.82) is 0 Å². The molecule has 0 bridgehead atoms. The number of sulfonamides is 1. The summed E-state index contributed by atoms with van der Waals surface area (Å²) in [5, 5.41) is 0. The highest BCUT2D eigenvalue weighted by Gasteiger charge is 2.18. The van der Waals surface area contributed by atoms with Gasteiger partial charge in [0.2, 0.25) is 10.0 Å².